The van der Waals surface area contributed by atoms with E-state index in [0.29, 0.717) is 22.3 Å². The number of nitrogen functional groups attached to an aromatic ring is 1. The fourth-order valence-corrected chi connectivity index (χ4v) is 2.39. The molecule has 0 saturated heterocycles. The van der Waals surface area contributed by atoms with Crippen LogP contribution in [0.15, 0.2) is 40.9 Å². The molecule has 0 aliphatic rings. The lowest BCUT2D eigenvalue weighted by molar-refractivity contribution is 0.102. The monoisotopic (exact) mass is 348 g/mol. The highest BCUT2D eigenvalue weighted by Crippen LogP contribution is 2.26. The number of amides is 1. The molecule has 0 fully saturated rings. The summed E-state index contributed by atoms with van der Waals surface area (Å²) in [6, 6.07) is 10.8. The summed E-state index contributed by atoms with van der Waals surface area (Å²) in [5.74, 6) is 0.583. The summed E-state index contributed by atoms with van der Waals surface area (Å²) in [4.78, 5) is 12.3. The van der Waals surface area contributed by atoms with E-state index in [4.69, 9.17) is 10.5 Å². The van der Waals surface area contributed by atoms with E-state index in [1.165, 1.54) is 0 Å². The number of hydrogen-bond acceptors (Lipinski definition) is 3. The van der Waals surface area contributed by atoms with Crippen molar-refractivity contribution in [3.8, 4) is 5.75 Å². The second kappa shape index (κ2) is 6.63. The predicted octanol–water partition coefficient (Wildman–Crippen LogP) is 3.99. The number of carbonyl (C=O) groups excluding carboxylic acids is 1. The van der Waals surface area contributed by atoms with Gasteiger partial charge in [0.25, 0.3) is 5.91 Å². The minimum atomic E-state index is -0.207. The molecular weight excluding hydrogens is 332 g/mol. The first kappa shape index (κ1) is 15.4. The number of nitrogens with two attached hydrogens (primary N) is 1. The van der Waals surface area contributed by atoms with Crippen LogP contribution < -0.4 is 15.8 Å². The fourth-order valence-electron chi connectivity index (χ4n) is 1.95. The molecule has 0 aromatic heterocycles. The fraction of sp³-hybridized carbons (Fsp3) is 0.188. The number of hydrogen-bond donors (Lipinski definition) is 2. The van der Waals surface area contributed by atoms with E-state index in [1.54, 1.807) is 18.2 Å². The quantitative estimate of drug-likeness (QED) is 0.821. The van der Waals surface area contributed by atoms with E-state index in [2.05, 4.69) is 21.2 Å². The highest BCUT2D eigenvalue weighted by molar-refractivity contribution is 9.10. The molecule has 2 aromatic carbocycles. The van der Waals surface area contributed by atoms with Crippen LogP contribution in [0.1, 0.15) is 22.8 Å². The van der Waals surface area contributed by atoms with Crippen LogP contribution in [0, 0.1) is 6.92 Å². The first-order valence-corrected chi connectivity index (χ1v) is 7.41. The Balaban J connectivity index is 2.22. The molecule has 3 N–H and O–H groups in total. The lowest BCUT2D eigenvalue weighted by Gasteiger charge is -2.12. The highest BCUT2D eigenvalue weighted by Gasteiger charge is 2.13. The lowest BCUT2D eigenvalue weighted by Crippen LogP contribution is -2.14. The third kappa shape index (κ3) is 3.55. The molecule has 0 aliphatic carbocycles. The molecule has 0 heterocycles. The van der Waals surface area contributed by atoms with E-state index >= 15 is 0 Å². The summed E-state index contributed by atoms with van der Waals surface area (Å²) in [5.41, 5.74) is 8.52. The number of aryl methyl sites for hydroxylation is 1. The first-order valence-electron chi connectivity index (χ1n) is 6.61. The van der Waals surface area contributed by atoms with Gasteiger partial charge in [-0.25, -0.2) is 0 Å². The summed E-state index contributed by atoms with van der Waals surface area (Å²) in [6.45, 7) is 4.47. The van der Waals surface area contributed by atoms with E-state index in [0.717, 1.165) is 17.0 Å². The first-order chi connectivity index (χ1) is 10.0. The third-order valence-electron chi connectivity index (χ3n) is 3.03. The maximum absolute atomic E-state index is 12.3. The van der Waals surface area contributed by atoms with Crippen LogP contribution in [-0.4, -0.2) is 12.5 Å². The lowest BCUT2D eigenvalue weighted by atomic mass is 10.1. The predicted molar refractivity (Wildman–Crippen MR) is 88.9 cm³/mol. The average Bonchev–Trinajstić information content (AvgIpc) is 2.45. The molecule has 0 aliphatic heterocycles. The van der Waals surface area contributed by atoms with Gasteiger partial charge in [-0.2, -0.15) is 0 Å². The standard InChI is InChI=1S/C16H17BrN2O2/c1-3-21-11-7-8-14(10(2)9-11)19-16(20)12-5-4-6-13(18)15(12)17/h4-9H,3,18H2,1-2H3,(H,19,20). The van der Waals surface area contributed by atoms with Crippen LogP contribution in [0.5, 0.6) is 5.75 Å². The number of benzene rings is 2. The molecule has 0 unspecified atom stereocenters. The minimum absolute atomic E-state index is 0.207. The maximum atomic E-state index is 12.3. The zero-order valence-corrected chi connectivity index (χ0v) is 13.5. The van der Waals surface area contributed by atoms with Gasteiger partial charge in [-0.1, -0.05) is 6.07 Å². The van der Waals surface area contributed by atoms with Crippen LogP contribution in [0.4, 0.5) is 11.4 Å². The molecule has 2 aromatic rings. The van der Waals surface area contributed by atoms with Crippen molar-refractivity contribution in [3.63, 3.8) is 0 Å². The second-order valence-corrected chi connectivity index (χ2v) is 5.37. The minimum Gasteiger partial charge on any atom is -0.494 e. The molecule has 0 atom stereocenters. The van der Waals surface area contributed by atoms with Crippen molar-refractivity contribution in [3.05, 3.63) is 52.0 Å². The van der Waals surface area contributed by atoms with Gasteiger partial charge in [-0.05, 0) is 65.7 Å². The zero-order chi connectivity index (χ0) is 15.4. The smallest absolute Gasteiger partial charge is 0.256 e. The van der Waals surface area contributed by atoms with Gasteiger partial charge in [-0.15, -0.1) is 0 Å². The summed E-state index contributed by atoms with van der Waals surface area (Å²) in [7, 11) is 0. The summed E-state index contributed by atoms with van der Waals surface area (Å²) < 4.78 is 6.03. The summed E-state index contributed by atoms with van der Waals surface area (Å²) in [6.07, 6.45) is 0. The Morgan fingerprint density at radius 2 is 2.10 bits per heavy atom. The molecule has 4 nitrogen and oxygen atoms in total. The zero-order valence-electron chi connectivity index (χ0n) is 11.9. The van der Waals surface area contributed by atoms with E-state index in [-0.39, 0.29) is 5.91 Å². The van der Waals surface area contributed by atoms with Gasteiger partial charge in [-0.3, -0.25) is 4.79 Å². The van der Waals surface area contributed by atoms with Gasteiger partial charge >= 0.3 is 0 Å². The van der Waals surface area contributed by atoms with Gasteiger partial charge in [0.2, 0.25) is 0 Å². The Morgan fingerprint density at radius 3 is 2.76 bits per heavy atom. The summed E-state index contributed by atoms with van der Waals surface area (Å²) >= 11 is 3.34. The molecule has 1 amide bonds. The van der Waals surface area contributed by atoms with Crippen LogP contribution in [0.3, 0.4) is 0 Å². The molecule has 0 saturated carbocycles. The topological polar surface area (TPSA) is 64.3 Å². The Bertz CT molecular complexity index is 671. The Labute approximate surface area is 132 Å². The second-order valence-electron chi connectivity index (χ2n) is 4.57. The summed E-state index contributed by atoms with van der Waals surface area (Å²) in [5, 5.41) is 2.88. The Hall–Kier alpha value is -2.01. The average molecular weight is 349 g/mol. The Kier molecular flexibility index (Phi) is 4.85. The van der Waals surface area contributed by atoms with Crippen molar-refractivity contribution in [2.75, 3.05) is 17.7 Å². The van der Waals surface area contributed by atoms with Crippen molar-refractivity contribution in [2.24, 2.45) is 0 Å². The number of halogens is 1. The normalized spacial score (nSPS) is 10.2. The maximum Gasteiger partial charge on any atom is 0.256 e. The van der Waals surface area contributed by atoms with Crippen molar-refractivity contribution in [2.45, 2.75) is 13.8 Å². The van der Waals surface area contributed by atoms with Crippen molar-refractivity contribution < 1.29 is 9.53 Å². The molecule has 110 valence electrons. The van der Waals surface area contributed by atoms with Crippen molar-refractivity contribution >= 4 is 33.2 Å². The van der Waals surface area contributed by atoms with Gasteiger partial charge in [0.1, 0.15) is 5.75 Å². The van der Waals surface area contributed by atoms with Crippen LogP contribution >= 0.6 is 15.9 Å². The van der Waals surface area contributed by atoms with Crippen molar-refractivity contribution in [1.29, 1.82) is 0 Å². The Morgan fingerprint density at radius 1 is 1.33 bits per heavy atom. The molecule has 0 spiro atoms. The largest absolute Gasteiger partial charge is 0.494 e. The molecule has 21 heavy (non-hydrogen) atoms. The van der Waals surface area contributed by atoms with Crippen molar-refractivity contribution in [1.82, 2.24) is 0 Å². The number of ether oxygens (including phenoxy) is 1. The van der Waals surface area contributed by atoms with Gasteiger partial charge < -0.3 is 15.8 Å². The van der Waals surface area contributed by atoms with Crippen LogP contribution in [0.25, 0.3) is 0 Å². The molecular formula is C16H17BrN2O2. The van der Waals surface area contributed by atoms with E-state index < -0.39 is 0 Å². The van der Waals surface area contributed by atoms with Crippen LogP contribution in [0.2, 0.25) is 0 Å². The number of rotatable bonds is 4. The SMILES string of the molecule is CCOc1ccc(NC(=O)c2cccc(N)c2Br)c(C)c1. The molecule has 0 bridgehead atoms. The molecule has 5 heteroatoms. The van der Waals surface area contributed by atoms with Crippen LogP contribution in [-0.2, 0) is 0 Å². The van der Waals surface area contributed by atoms with E-state index in [9.17, 15) is 4.79 Å². The van der Waals surface area contributed by atoms with Gasteiger partial charge in [0.05, 0.1) is 16.6 Å². The molecule has 0 radical (unpaired) electrons. The number of carbonyl (C=O) groups is 1. The third-order valence-corrected chi connectivity index (χ3v) is 3.92. The van der Waals surface area contributed by atoms with Gasteiger partial charge in [0.15, 0.2) is 0 Å². The van der Waals surface area contributed by atoms with Gasteiger partial charge in [0, 0.05) is 11.4 Å². The van der Waals surface area contributed by atoms with E-state index in [1.807, 2.05) is 32.0 Å². The molecule has 2 rings (SSSR count). The highest BCUT2D eigenvalue weighted by atomic mass is 79.9. The number of anilines is 2. The number of nitrogens with one attached hydrogen (secondary N) is 1.